The molecule has 0 saturated heterocycles. The first-order chi connectivity index (χ1) is 8.96. The molecule has 0 fully saturated rings. The summed E-state index contributed by atoms with van der Waals surface area (Å²) in [6, 6.07) is 0.176. The van der Waals surface area contributed by atoms with Crippen molar-refractivity contribution in [3.63, 3.8) is 0 Å². The molecule has 0 heterocycles. The summed E-state index contributed by atoms with van der Waals surface area (Å²) in [6.07, 6.45) is 5.68. The van der Waals surface area contributed by atoms with Crippen LogP contribution in [0.2, 0.25) is 0 Å². The molecule has 0 aromatic carbocycles. The number of rotatable bonds is 9. The van der Waals surface area contributed by atoms with E-state index in [4.69, 9.17) is 10.9 Å². The van der Waals surface area contributed by atoms with Crippen molar-refractivity contribution in [3.8, 4) is 0 Å². The van der Waals surface area contributed by atoms with E-state index >= 15 is 0 Å². The summed E-state index contributed by atoms with van der Waals surface area (Å²) in [5, 5.41) is 14.9. The lowest BCUT2D eigenvalue weighted by Crippen LogP contribution is -2.50. The number of amidine groups is 1. The van der Waals surface area contributed by atoms with Gasteiger partial charge in [0.2, 0.25) is 5.91 Å². The molecule has 2 unspecified atom stereocenters. The molecule has 2 atom stereocenters. The van der Waals surface area contributed by atoms with E-state index < -0.39 is 5.41 Å². The van der Waals surface area contributed by atoms with E-state index in [1.165, 1.54) is 0 Å². The Kier molecular flexibility index (Phi) is 8.19. The quantitative estimate of drug-likeness (QED) is 0.261. The third-order valence-corrected chi connectivity index (χ3v) is 3.76. The number of carbonyl (C=O) groups is 1. The van der Waals surface area contributed by atoms with Gasteiger partial charge in [0.1, 0.15) is 5.41 Å². The molecular formula is C14H29N3O2. The minimum Gasteiger partial charge on any atom is -0.409 e. The lowest BCUT2D eigenvalue weighted by Gasteiger charge is -2.28. The van der Waals surface area contributed by atoms with Crippen LogP contribution in [0.3, 0.4) is 0 Å². The molecule has 0 radical (unpaired) electrons. The Morgan fingerprint density at radius 2 is 1.95 bits per heavy atom. The lowest BCUT2D eigenvalue weighted by molar-refractivity contribution is -0.128. The van der Waals surface area contributed by atoms with Crippen molar-refractivity contribution in [2.75, 3.05) is 0 Å². The summed E-state index contributed by atoms with van der Waals surface area (Å²) in [5.41, 5.74) is 4.71. The second-order valence-electron chi connectivity index (χ2n) is 5.27. The van der Waals surface area contributed by atoms with Crippen LogP contribution in [0.5, 0.6) is 0 Å². The molecule has 0 bridgehead atoms. The molecule has 0 rings (SSSR count). The van der Waals surface area contributed by atoms with Crippen molar-refractivity contribution in [1.82, 2.24) is 5.32 Å². The first kappa shape index (κ1) is 17.7. The zero-order valence-corrected chi connectivity index (χ0v) is 12.7. The van der Waals surface area contributed by atoms with Crippen LogP contribution in [0.15, 0.2) is 5.16 Å². The van der Waals surface area contributed by atoms with E-state index in [0.717, 1.165) is 32.1 Å². The van der Waals surface area contributed by atoms with Gasteiger partial charge in [0, 0.05) is 6.04 Å². The maximum absolute atomic E-state index is 12.4. The van der Waals surface area contributed by atoms with Gasteiger partial charge in [-0.05, 0) is 26.2 Å². The summed E-state index contributed by atoms with van der Waals surface area (Å²) in [5.74, 6) is -0.182. The second kappa shape index (κ2) is 8.77. The summed E-state index contributed by atoms with van der Waals surface area (Å²) >= 11 is 0. The standard InChI is InChI=1S/C14H29N3O2/c1-5-8-10-11(9-6-2)16-13(18)14(4,7-3)12(15)17-19/h11,19H,5-10H2,1-4H3,(H2,15,17)(H,16,18). The van der Waals surface area contributed by atoms with Crippen LogP contribution in [-0.2, 0) is 4.79 Å². The van der Waals surface area contributed by atoms with Gasteiger partial charge in [-0.15, -0.1) is 0 Å². The van der Waals surface area contributed by atoms with Crippen LogP contribution in [0.1, 0.15) is 66.2 Å². The summed E-state index contributed by atoms with van der Waals surface area (Å²) in [4.78, 5) is 12.4. The SMILES string of the molecule is CCCCC(CCC)NC(=O)C(C)(CC)C(N)=NO. The smallest absolute Gasteiger partial charge is 0.233 e. The molecule has 0 aromatic rings. The topological polar surface area (TPSA) is 87.7 Å². The van der Waals surface area contributed by atoms with Gasteiger partial charge in [0.25, 0.3) is 0 Å². The van der Waals surface area contributed by atoms with Crippen LogP contribution in [0.25, 0.3) is 0 Å². The number of nitrogens with two attached hydrogens (primary N) is 1. The number of nitrogens with one attached hydrogen (secondary N) is 1. The van der Waals surface area contributed by atoms with Crippen LogP contribution >= 0.6 is 0 Å². The highest BCUT2D eigenvalue weighted by atomic mass is 16.4. The van der Waals surface area contributed by atoms with E-state index in [9.17, 15) is 4.79 Å². The Morgan fingerprint density at radius 1 is 1.32 bits per heavy atom. The minimum atomic E-state index is -0.938. The Balaban J connectivity index is 4.76. The molecule has 4 N–H and O–H groups in total. The van der Waals surface area contributed by atoms with Crippen molar-refractivity contribution in [3.05, 3.63) is 0 Å². The Morgan fingerprint density at radius 3 is 2.37 bits per heavy atom. The van der Waals surface area contributed by atoms with E-state index in [2.05, 4.69) is 24.3 Å². The van der Waals surface area contributed by atoms with Gasteiger partial charge in [-0.25, -0.2) is 0 Å². The molecule has 0 aromatic heterocycles. The number of amides is 1. The van der Waals surface area contributed by atoms with Gasteiger partial charge in [-0.2, -0.15) is 0 Å². The molecule has 0 aliphatic carbocycles. The van der Waals surface area contributed by atoms with E-state index in [0.29, 0.717) is 6.42 Å². The number of hydrogen-bond donors (Lipinski definition) is 3. The predicted molar refractivity (Wildman–Crippen MR) is 78.2 cm³/mol. The fourth-order valence-corrected chi connectivity index (χ4v) is 2.00. The van der Waals surface area contributed by atoms with Gasteiger partial charge >= 0.3 is 0 Å². The fourth-order valence-electron chi connectivity index (χ4n) is 2.00. The third kappa shape index (κ3) is 5.09. The largest absolute Gasteiger partial charge is 0.409 e. The summed E-state index contributed by atoms with van der Waals surface area (Å²) < 4.78 is 0. The Bertz CT molecular complexity index is 305. The second-order valence-corrected chi connectivity index (χ2v) is 5.27. The van der Waals surface area contributed by atoms with Crippen molar-refractivity contribution in [2.24, 2.45) is 16.3 Å². The average molecular weight is 271 g/mol. The van der Waals surface area contributed by atoms with Gasteiger partial charge < -0.3 is 16.3 Å². The van der Waals surface area contributed by atoms with Crippen molar-refractivity contribution < 1.29 is 10.0 Å². The molecule has 19 heavy (non-hydrogen) atoms. The van der Waals surface area contributed by atoms with Crippen molar-refractivity contribution in [1.29, 1.82) is 0 Å². The summed E-state index contributed by atoms with van der Waals surface area (Å²) in [6.45, 7) is 7.81. The minimum absolute atomic E-state index is 0.0294. The number of unbranched alkanes of at least 4 members (excludes halogenated alkanes) is 1. The van der Waals surface area contributed by atoms with Crippen molar-refractivity contribution >= 4 is 11.7 Å². The zero-order chi connectivity index (χ0) is 14.9. The first-order valence-corrected chi connectivity index (χ1v) is 7.25. The molecule has 0 saturated carbocycles. The van der Waals surface area contributed by atoms with E-state index in [-0.39, 0.29) is 17.8 Å². The molecule has 112 valence electrons. The van der Waals surface area contributed by atoms with Gasteiger partial charge in [0.15, 0.2) is 5.84 Å². The lowest BCUT2D eigenvalue weighted by atomic mass is 9.84. The van der Waals surface area contributed by atoms with Crippen LogP contribution < -0.4 is 11.1 Å². The number of hydrogen-bond acceptors (Lipinski definition) is 3. The zero-order valence-electron chi connectivity index (χ0n) is 12.7. The fraction of sp³-hybridized carbons (Fsp3) is 0.857. The van der Waals surface area contributed by atoms with Crippen molar-refractivity contribution in [2.45, 2.75) is 72.3 Å². The molecular weight excluding hydrogens is 242 g/mol. The number of carbonyl (C=O) groups excluding carboxylic acids is 1. The highest BCUT2D eigenvalue weighted by Crippen LogP contribution is 2.22. The molecule has 5 heteroatoms. The molecule has 1 amide bonds. The van der Waals surface area contributed by atoms with Gasteiger partial charge in [-0.1, -0.05) is 45.2 Å². The molecule has 0 aliphatic rings. The van der Waals surface area contributed by atoms with E-state index in [1.807, 2.05) is 6.92 Å². The van der Waals surface area contributed by atoms with Gasteiger partial charge in [0.05, 0.1) is 0 Å². The van der Waals surface area contributed by atoms with Crippen LogP contribution in [0.4, 0.5) is 0 Å². The van der Waals surface area contributed by atoms with E-state index in [1.54, 1.807) is 6.92 Å². The van der Waals surface area contributed by atoms with Crippen LogP contribution in [0, 0.1) is 5.41 Å². The first-order valence-electron chi connectivity index (χ1n) is 7.25. The predicted octanol–water partition coefficient (Wildman–Crippen LogP) is 2.62. The number of nitrogens with zero attached hydrogens (tertiary/aromatic N) is 1. The highest BCUT2D eigenvalue weighted by molar-refractivity contribution is 6.06. The van der Waals surface area contributed by atoms with Gasteiger partial charge in [-0.3, -0.25) is 4.79 Å². The molecule has 5 nitrogen and oxygen atoms in total. The molecule has 0 spiro atoms. The Hall–Kier alpha value is -1.26. The maximum atomic E-state index is 12.4. The normalized spacial score (nSPS) is 16.7. The maximum Gasteiger partial charge on any atom is 0.233 e. The highest BCUT2D eigenvalue weighted by Gasteiger charge is 2.37. The summed E-state index contributed by atoms with van der Waals surface area (Å²) in [7, 11) is 0. The number of oxime groups is 1. The van der Waals surface area contributed by atoms with Crippen LogP contribution in [-0.4, -0.2) is 23.0 Å². The Labute approximate surface area is 116 Å². The average Bonchev–Trinajstić information content (AvgIpc) is 2.42. The molecule has 0 aliphatic heterocycles. The third-order valence-electron chi connectivity index (χ3n) is 3.76. The monoisotopic (exact) mass is 271 g/mol.